The third kappa shape index (κ3) is 2.68. The average Bonchev–Trinajstić information content (AvgIpc) is 2.75. The van der Waals surface area contributed by atoms with E-state index in [0.717, 1.165) is 17.6 Å². The van der Waals surface area contributed by atoms with Crippen LogP contribution in [-0.4, -0.2) is 41.6 Å². The molecular formula is C13H16N2O3. The largest absolute Gasteiger partial charge is 0.481 e. The molecule has 1 N–H and O–H groups in total. The average molecular weight is 248 g/mol. The molecule has 1 aromatic heterocycles. The summed E-state index contributed by atoms with van der Waals surface area (Å²) in [6, 6.07) is 5.36. The summed E-state index contributed by atoms with van der Waals surface area (Å²) in [6.45, 7) is 0.728. The van der Waals surface area contributed by atoms with Crippen molar-refractivity contribution in [3.8, 4) is 0 Å². The number of carboxylic acid groups (broad SMARTS) is 1. The van der Waals surface area contributed by atoms with Crippen molar-refractivity contribution < 1.29 is 14.3 Å². The van der Waals surface area contributed by atoms with Crippen molar-refractivity contribution >= 4 is 17.1 Å². The van der Waals surface area contributed by atoms with Crippen LogP contribution in [0.3, 0.4) is 0 Å². The number of aliphatic carboxylic acids is 1. The van der Waals surface area contributed by atoms with Crippen LogP contribution in [0.25, 0.3) is 11.1 Å². The van der Waals surface area contributed by atoms with E-state index in [1.165, 1.54) is 6.39 Å². The van der Waals surface area contributed by atoms with Crippen LogP contribution in [0, 0.1) is 0 Å². The highest BCUT2D eigenvalue weighted by atomic mass is 16.4. The second-order valence-corrected chi connectivity index (χ2v) is 4.56. The van der Waals surface area contributed by atoms with E-state index in [1.54, 1.807) is 18.2 Å². The number of rotatable bonds is 5. The fourth-order valence-corrected chi connectivity index (χ4v) is 1.91. The molecule has 0 saturated carbocycles. The van der Waals surface area contributed by atoms with E-state index in [0.29, 0.717) is 12.0 Å². The van der Waals surface area contributed by atoms with Gasteiger partial charge in [-0.25, -0.2) is 4.98 Å². The predicted octanol–water partition coefficient (Wildman–Crippen LogP) is 1.95. The summed E-state index contributed by atoms with van der Waals surface area (Å²) < 4.78 is 5.20. The van der Waals surface area contributed by atoms with E-state index in [1.807, 2.05) is 19.0 Å². The molecule has 0 spiro atoms. The van der Waals surface area contributed by atoms with Crippen LogP contribution in [0.15, 0.2) is 29.0 Å². The van der Waals surface area contributed by atoms with Gasteiger partial charge in [-0.1, -0.05) is 6.07 Å². The molecule has 0 radical (unpaired) electrons. The fraction of sp³-hybridized carbons (Fsp3) is 0.385. The van der Waals surface area contributed by atoms with Gasteiger partial charge in [-0.05, 0) is 44.8 Å². The van der Waals surface area contributed by atoms with Gasteiger partial charge in [-0.15, -0.1) is 0 Å². The standard InChI is InChI=1S/C13H16N2O3/c1-15(2)6-5-10(13(16)17)9-3-4-11-12(7-9)18-8-14-11/h3-4,7-8,10H,5-6H2,1-2H3,(H,16,17). The minimum absolute atomic E-state index is 0.512. The number of fused-ring (bicyclic) bond motifs is 1. The quantitative estimate of drug-likeness (QED) is 0.876. The van der Waals surface area contributed by atoms with Crippen molar-refractivity contribution in [2.75, 3.05) is 20.6 Å². The van der Waals surface area contributed by atoms with Crippen LogP contribution >= 0.6 is 0 Å². The lowest BCUT2D eigenvalue weighted by Crippen LogP contribution is -2.20. The third-order valence-electron chi connectivity index (χ3n) is 2.92. The first-order chi connectivity index (χ1) is 8.58. The van der Waals surface area contributed by atoms with Crippen molar-refractivity contribution in [3.63, 3.8) is 0 Å². The maximum atomic E-state index is 11.3. The van der Waals surface area contributed by atoms with Crippen LogP contribution in [0.5, 0.6) is 0 Å². The third-order valence-corrected chi connectivity index (χ3v) is 2.92. The highest BCUT2D eigenvalue weighted by Crippen LogP contribution is 2.24. The Morgan fingerprint density at radius 1 is 1.50 bits per heavy atom. The lowest BCUT2D eigenvalue weighted by molar-refractivity contribution is -0.139. The van der Waals surface area contributed by atoms with Crippen LogP contribution in [-0.2, 0) is 4.79 Å². The minimum atomic E-state index is -0.810. The summed E-state index contributed by atoms with van der Waals surface area (Å²) in [7, 11) is 3.86. The molecule has 0 bridgehead atoms. The van der Waals surface area contributed by atoms with E-state index < -0.39 is 11.9 Å². The zero-order valence-corrected chi connectivity index (χ0v) is 10.5. The molecular weight excluding hydrogens is 232 g/mol. The summed E-state index contributed by atoms with van der Waals surface area (Å²) in [5.41, 5.74) is 2.13. The van der Waals surface area contributed by atoms with Crippen LogP contribution in [0.4, 0.5) is 0 Å². The van der Waals surface area contributed by atoms with Crippen molar-refractivity contribution in [2.24, 2.45) is 0 Å². The number of benzene rings is 1. The van der Waals surface area contributed by atoms with Crippen molar-refractivity contribution in [1.82, 2.24) is 9.88 Å². The monoisotopic (exact) mass is 248 g/mol. The highest BCUT2D eigenvalue weighted by Gasteiger charge is 2.20. The number of carbonyl (C=O) groups is 1. The zero-order chi connectivity index (χ0) is 13.1. The van der Waals surface area contributed by atoms with Gasteiger partial charge in [0.05, 0.1) is 5.92 Å². The molecule has 1 heterocycles. The molecule has 0 fully saturated rings. The highest BCUT2D eigenvalue weighted by molar-refractivity contribution is 5.79. The maximum Gasteiger partial charge on any atom is 0.311 e. The molecule has 2 rings (SSSR count). The van der Waals surface area contributed by atoms with Gasteiger partial charge in [0, 0.05) is 0 Å². The second kappa shape index (κ2) is 5.18. The topological polar surface area (TPSA) is 66.6 Å². The van der Waals surface area contributed by atoms with Gasteiger partial charge in [-0.2, -0.15) is 0 Å². The molecule has 0 aliphatic rings. The normalized spacial score (nSPS) is 13.1. The smallest absolute Gasteiger partial charge is 0.311 e. The number of hydrogen-bond acceptors (Lipinski definition) is 4. The lowest BCUT2D eigenvalue weighted by Gasteiger charge is -2.15. The number of aromatic nitrogens is 1. The fourth-order valence-electron chi connectivity index (χ4n) is 1.91. The molecule has 1 unspecified atom stereocenters. The first kappa shape index (κ1) is 12.6. The molecule has 5 heteroatoms. The van der Waals surface area contributed by atoms with Crippen LogP contribution < -0.4 is 0 Å². The number of nitrogens with zero attached hydrogens (tertiary/aromatic N) is 2. The van der Waals surface area contributed by atoms with Gasteiger partial charge in [0.1, 0.15) is 5.52 Å². The van der Waals surface area contributed by atoms with E-state index in [2.05, 4.69) is 4.98 Å². The Kier molecular flexibility index (Phi) is 3.62. The number of hydrogen-bond donors (Lipinski definition) is 1. The van der Waals surface area contributed by atoms with Crippen LogP contribution in [0.1, 0.15) is 17.9 Å². The SMILES string of the molecule is CN(C)CCC(C(=O)O)c1ccc2ncoc2c1. The van der Waals surface area contributed by atoms with Gasteiger partial charge >= 0.3 is 5.97 Å². The molecule has 0 aliphatic carbocycles. The van der Waals surface area contributed by atoms with Crippen molar-refractivity contribution in [2.45, 2.75) is 12.3 Å². The molecule has 0 amide bonds. The Morgan fingerprint density at radius 3 is 2.94 bits per heavy atom. The Bertz CT molecular complexity index is 548. The molecule has 5 nitrogen and oxygen atoms in total. The van der Waals surface area contributed by atoms with Crippen molar-refractivity contribution in [3.05, 3.63) is 30.2 Å². The molecule has 1 atom stereocenters. The zero-order valence-electron chi connectivity index (χ0n) is 10.5. The summed E-state index contributed by atoms with van der Waals surface area (Å²) in [4.78, 5) is 17.3. The summed E-state index contributed by atoms with van der Waals surface area (Å²) in [6.07, 6.45) is 1.94. The minimum Gasteiger partial charge on any atom is -0.481 e. The summed E-state index contributed by atoms with van der Waals surface area (Å²) >= 11 is 0. The Labute approximate surface area is 105 Å². The van der Waals surface area contributed by atoms with Crippen LogP contribution in [0.2, 0.25) is 0 Å². The van der Waals surface area contributed by atoms with Gasteiger partial charge in [0.2, 0.25) is 0 Å². The molecule has 0 saturated heterocycles. The number of oxazole rings is 1. The lowest BCUT2D eigenvalue weighted by atomic mass is 9.95. The van der Waals surface area contributed by atoms with Gasteiger partial charge in [-0.3, -0.25) is 4.79 Å². The van der Waals surface area contributed by atoms with Crippen molar-refractivity contribution in [1.29, 1.82) is 0 Å². The Balaban J connectivity index is 2.26. The van der Waals surface area contributed by atoms with E-state index >= 15 is 0 Å². The van der Waals surface area contributed by atoms with E-state index in [4.69, 9.17) is 4.42 Å². The summed E-state index contributed by atoms with van der Waals surface area (Å²) in [5.74, 6) is -1.32. The number of carboxylic acids is 1. The van der Waals surface area contributed by atoms with E-state index in [-0.39, 0.29) is 0 Å². The predicted molar refractivity (Wildman–Crippen MR) is 67.6 cm³/mol. The molecule has 96 valence electrons. The molecule has 0 aliphatic heterocycles. The Hall–Kier alpha value is -1.88. The summed E-state index contributed by atoms with van der Waals surface area (Å²) in [5, 5.41) is 9.30. The molecule has 18 heavy (non-hydrogen) atoms. The second-order valence-electron chi connectivity index (χ2n) is 4.56. The Morgan fingerprint density at radius 2 is 2.28 bits per heavy atom. The molecule has 1 aromatic carbocycles. The van der Waals surface area contributed by atoms with Gasteiger partial charge < -0.3 is 14.4 Å². The first-order valence-electron chi connectivity index (χ1n) is 5.78. The van der Waals surface area contributed by atoms with Gasteiger partial charge in [0.15, 0.2) is 12.0 Å². The van der Waals surface area contributed by atoms with Gasteiger partial charge in [0.25, 0.3) is 0 Å². The molecule has 2 aromatic rings. The maximum absolute atomic E-state index is 11.3. The first-order valence-corrected chi connectivity index (χ1v) is 5.78. The van der Waals surface area contributed by atoms with E-state index in [9.17, 15) is 9.90 Å².